The van der Waals surface area contributed by atoms with Crippen LogP contribution in [-0.2, 0) is 20.9 Å². The maximum Gasteiger partial charge on any atom is 0.316 e. The summed E-state index contributed by atoms with van der Waals surface area (Å²) in [5.74, 6) is -1.03. The summed E-state index contributed by atoms with van der Waals surface area (Å²) in [7, 11) is 0. The second-order valence-corrected chi connectivity index (χ2v) is 7.93. The number of carbonyl (C=O) groups excluding carboxylic acids is 2. The highest BCUT2D eigenvalue weighted by molar-refractivity contribution is 7.10. The first-order chi connectivity index (χ1) is 13.1. The van der Waals surface area contributed by atoms with E-state index in [1.165, 1.54) is 0 Å². The number of thiophene rings is 1. The fourth-order valence-corrected chi connectivity index (χ4v) is 4.78. The number of rotatable bonds is 4. The summed E-state index contributed by atoms with van der Waals surface area (Å²) in [5.41, 5.74) is 3.25. The number of Topliss-reactive ketones (excluding diaryl/α,β-unsaturated/α-hetero) is 1. The maximum absolute atomic E-state index is 13.0. The van der Waals surface area contributed by atoms with E-state index in [1.807, 2.05) is 54.8 Å². The minimum atomic E-state index is -0.548. The summed E-state index contributed by atoms with van der Waals surface area (Å²) in [6, 6.07) is 13.6. The molecule has 1 aliphatic heterocycles. The third-order valence-electron chi connectivity index (χ3n) is 5.16. The number of carbonyl (C=O) groups is 2. The number of nitrogens with zero attached hydrogens (tertiary/aromatic N) is 1. The van der Waals surface area contributed by atoms with Gasteiger partial charge < -0.3 is 4.74 Å². The average Bonchev–Trinajstić information content (AvgIpc) is 3.20. The van der Waals surface area contributed by atoms with Gasteiger partial charge in [0.25, 0.3) is 0 Å². The highest BCUT2D eigenvalue weighted by Crippen LogP contribution is 2.44. The Morgan fingerprint density at radius 2 is 2.00 bits per heavy atom. The molecule has 2 aromatic rings. The summed E-state index contributed by atoms with van der Waals surface area (Å²) >= 11 is 1.58. The lowest BCUT2D eigenvalue weighted by atomic mass is 9.74. The van der Waals surface area contributed by atoms with Gasteiger partial charge in [0, 0.05) is 34.2 Å². The van der Waals surface area contributed by atoms with Crippen LogP contribution in [0.15, 0.2) is 64.1 Å². The molecule has 0 fully saturated rings. The number of aliphatic imine (C=N–C) groups is 1. The van der Waals surface area contributed by atoms with Crippen molar-refractivity contribution in [2.45, 2.75) is 38.7 Å². The van der Waals surface area contributed by atoms with Crippen molar-refractivity contribution in [3.8, 4) is 0 Å². The molecule has 0 saturated heterocycles. The first-order valence-corrected chi connectivity index (χ1v) is 10.1. The normalized spacial score (nSPS) is 22.3. The quantitative estimate of drug-likeness (QED) is 0.725. The van der Waals surface area contributed by atoms with Crippen LogP contribution < -0.4 is 0 Å². The Balaban J connectivity index is 1.66. The van der Waals surface area contributed by atoms with Crippen LogP contribution in [0.3, 0.4) is 0 Å². The standard InChI is InChI=1S/C22H21NO3S/c1-14-19(22(25)26-13-15-7-3-2-4-8-15)21(18-11-6-12-27-18)20-16(23-14)9-5-10-17(20)24/h2-4,6-8,11-12,19,21H,5,9-10,13H2,1H3/t19?,21-/m1/s1. The fourth-order valence-electron chi connectivity index (χ4n) is 3.91. The van der Waals surface area contributed by atoms with Gasteiger partial charge in [-0.15, -0.1) is 11.3 Å². The van der Waals surface area contributed by atoms with E-state index < -0.39 is 5.92 Å². The molecule has 4 rings (SSSR count). The van der Waals surface area contributed by atoms with Crippen LogP contribution in [0.5, 0.6) is 0 Å². The van der Waals surface area contributed by atoms with Gasteiger partial charge in [-0.25, -0.2) is 0 Å². The van der Waals surface area contributed by atoms with Crippen molar-refractivity contribution >= 4 is 28.8 Å². The van der Waals surface area contributed by atoms with E-state index in [0.717, 1.165) is 40.3 Å². The number of hydrogen-bond acceptors (Lipinski definition) is 5. The van der Waals surface area contributed by atoms with Gasteiger partial charge in [-0.1, -0.05) is 36.4 Å². The molecule has 2 aliphatic rings. The minimum Gasteiger partial charge on any atom is -0.460 e. The molecule has 1 aromatic carbocycles. The molecule has 2 heterocycles. The van der Waals surface area contributed by atoms with E-state index in [2.05, 4.69) is 4.99 Å². The Bertz CT molecular complexity index is 912. The number of allylic oxidation sites excluding steroid dienone is 2. The number of benzene rings is 1. The lowest BCUT2D eigenvalue weighted by Crippen LogP contribution is -2.36. The summed E-state index contributed by atoms with van der Waals surface area (Å²) in [5, 5.41) is 1.98. The Labute approximate surface area is 162 Å². The van der Waals surface area contributed by atoms with E-state index in [1.54, 1.807) is 11.3 Å². The highest BCUT2D eigenvalue weighted by Gasteiger charge is 2.43. The molecule has 0 amide bonds. The van der Waals surface area contributed by atoms with Gasteiger partial charge in [0.15, 0.2) is 5.78 Å². The van der Waals surface area contributed by atoms with Gasteiger partial charge in [-0.2, -0.15) is 0 Å². The van der Waals surface area contributed by atoms with Gasteiger partial charge in [-0.05, 0) is 36.8 Å². The molecule has 0 N–H and O–H groups in total. The fraction of sp³-hybridized carbons (Fsp3) is 0.318. The van der Waals surface area contributed by atoms with Crippen molar-refractivity contribution in [1.29, 1.82) is 0 Å². The van der Waals surface area contributed by atoms with Gasteiger partial charge >= 0.3 is 5.97 Å². The molecule has 1 aromatic heterocycles. The molecule has 27 heavy (non-hydrogen) atoms. The molecule has 0 bridgehead atoms. The van der Waals surface area contributed by atoms with Crippen molar-refractivity contribution in [2.24, 2.45) is 10.9 Å². The first kappa shape index (κ1) is 17.9. The van der Waals surface area contributed by atoms with Crippen LogP contribution in [0.2, 0.25) is 0 Å². The molecular formula is C22H21NO3S. The van der Waals surface area contributed by atoms with Crippen molar-refractivity contribution in [2.75, 3.05) is 0 Å². The summed E-state index contributed by atoms with van der Waals surface area (Å²) in [4.78, 5) is 31.4. The molecule has 5 heteroatoms. The van der Waals surface area contributed by atoms with Gasteiger partial charge in [-0.3, -0.25) is 14.6 Å². The lowest BCUT2D eigenvalue weighted by molar-refractivity contribution is -0.147. The van der Waals surface area contributed by atoms with Crippen LogP contribution in [0.25, 0.3) is 0 Å². The van der Waals surface area contributed by atoms with E-state index >= 15 is 0 Å². The molecular weight excluding hydrogens is 358 g/mol. The molecule has 138 valence electrons. The summed E-state index contributed by atoms with van der Waals surface area (Å²) < 4.78 is 5.63. The van der Waals surface area contributed by atoms with Crippen molar-refractivity contribution in [3.05, 3.63) is 69.6 Å². The molecule has 0 saturated carbocycles. The van der Waals surface area contributed by atoms with Crippen LogP contribution in [0.1, 0.15) is 42.5 Å². The smallest absolute Gasteiger partial charge is 0.316 e. The van der Waals surface area contributed by atoms with Gasteiger partial charge in [0.05, 0.1) is 0 Å². The van der Waals surface area contributed by atoms with Crippen LogP contribution in [0, 0.1) is 5.92 Å². The molecule has 1 aliphatic carbocycles. The average molecular weight is 379 g/mol. The predicted molar refractivity (Wildman–Crippen MR) is 106 cm³/mol. The van der Waals surface area contributed by atoms with Crippen molar-refractivity contribution in [1.82, 2.24) is 0 Å². The Kier molecular flexibility index (Phi) is 5.03. The zero-order chi connectivity index (χ0) is 18.8. The predicted octanol–water partition coefficient (Wildman–Crippen LogP) is 4.67. The summed E-state index contributed by atoms with van der Waals surface area (Å²) in [6.07, 6.45) is 2.15. The zero-order valence-electron chi connectivity index (χ0n) is 15.2. The summed E-state index contributed by atoms with van der Waals surface area (Å²) in [6.45, 7) is 2.10. The number of ether oxygens (including phenoxy) is 1. The van der Waals surface area contributed by atoms with E-state index in [4.69, 9.17) is 4.74 Å². The van der Waals surface area contributed by atoms with Crippen molar-refractivity contribution < 1.29 is 14.3 Å². The highest BCUT2D eigenvalue weighted by atomic mass is 32.1. The Morgan fingerprint density at radius 1 is 1.19 bits per heavy atom. The third kappa shape index (κ3) is 3.52. The van der Waals surface area contributed by atoms with Crippen LogP contribution in [-0.4, -0.2) is 17.5 Å². The monoisotopic (exact) mass is 379 g/mol. The topological polar surface area (TPSA) is 55.7 Å². The number of esters is 1. The largest absolute Gasteiger partial charge is 0.460 e. The molecule has 0 spiro atoms. The molecule has 1 unspecified atom stereocenters. The van der Waals surface area contributed by atoms with Gasteiger partial charge in [0.1, 0.15) is 12.5 Å². The Morgan fingerprint density at radius 3 is 2.74 bits per heavy atom. The second kappa shape index (κ2) is 7.61. The van der Waals surface area contributed by atoms with Gasteiger partial charge in [0.2, 0.25) is 0 Å². The molecule has 0 radical (unpaired) electrons. The number of ketones is 1. The molecule has 4 nitrogen and oxygen atoms in total. The Hall–Kier alpha value is -2.53. The van der Waals surface area contributed by atoms with E-state index in [-0.39, 0.29) is 24.3 Å². The van der Waals surface area contributed by atoms with E-state index in [0.29, 0.717) is 6.42 Å². The van der Waals surface area contributed by atoms with E-state index in [9.17, 15) is 9.59 Å². The van der Waals surface area contributed by atoms with Crippen LogP contribution >= 0.6 is 11.3 Å². The minimum absolute atomic E-state index is 0.117. The molecule has 2 atom stereocenters. The van der Waals surface area contributed by atoms with Crippen molar-refractivity contribution in [3.63, 3.8) is 0 Å². The zero-order valence-corrected chi connectivity index (χ0v) is 16.0. The second-order valence-electron chi connectivity index (χ2n) is 6.95. The SMILES string of the molecule is CC1=NC2=C(C(=O)CCC2)[C@H](c2cccs2)C1C(=O)OCc1ccccc1. The maximum atomic E-state index is 13.0. The third-order valence-corrected chi connectivity index (χ3v) is 6.12. The lowest BCUT2D eigenvalue weighted by Gasteiger charge is -2.33. The first-order valence-electron chi connectivity index (χ1n) is 9.20. The number of hydrogen-bond donors (Lipinski definition) is 0. The van der Waals surface area contributed by atoms with Crippen LogP contribution in [0.4, 0.5) is 0 Å².